The SMILES string of the molecule is C#Cc1cccc(NCc2ccc[nH]2)c1. The van der Waals surface area contributed by atoms with E-state index in [9.17, 15) is 0 Å². The number of hydrogen-bond donors (Lipinski definition) is 2. The standard InChI is InChI=1S/C13H12N2/c1-2-11-5-3-6-12(9-11)15-10-13-7-4-8-14-13/h1,3-9,14-15H,10H2. The molecule has 2 heteroatoms. The summed E-state index contributed by atoms with van der Waals surface area (Å²) < 4.78 is 0. The van der Waals surface area contributed by atoms with Crippen molar-refractivity contribution >= 4 is 5.69 Å². The molecule has 0 aliphatic rings. The maximum absolute atomic E-state index is 5.33. The molecule has 0 aliphatic carbocycles. The zero-order chi connectivity index (χ0) is 10.5. The molecule has 2 aromatic rings. The van der Waals surface area contributed by atoms with Crippen LogP contribution in [0.15, 0.2) is 42.6 Å². The van der Waals surface area contributed by atoms with Gasteiger partial charge in [0, 0.05) is 23.1 Å². The van der Waals surface area contributed by atoms with Gasteiger partial charge in [0.05, 0.1) is 6.54 Å². The quantitative estimate of drug-likeness (QED) is 0.725. The highest BCUT2D eigenvalue weighted by molar-refractivity contribution is 5.50. The van der Waals surface area contributed by atoms with E-state index in [1.165, 1.54) is 0 Å². The highest BCUT2D eigenvalue weighted by Gasteiger charge is 1.94. The first-order valence-electron chi connectivity index (χ1n) is 4.81. The molecule has 1 aromatic carbocycles. The summed E-state index contributed by atoms with van der Waals surface area (Å²) in [7, 11) is 0. The van der Waals surface area contributed by atoms with Crippen molar-refractivity contribution in [3.05, 3.63) is 53.9 Å². The van der Waals surface area contributed by atoms with Crippen molar-refractivity contribution in [3.63, 3.8) is 0 Å². The van der Waals surface area contributed by atoms with E-state index in [1.807, 2.05) is 42.6 Å². The van der Waals surface area contributed by atoms with Gasteiger partial charge in [0.2, 0.25) is 0 Å². The molecule has 0 bridgehead atoms. The molecule has 0 fully saturated rings. The second kappa shape index (κ2) is 4.39. The summed E-state index contributed by atoms with van der Waals surface area (Å²) in [6.07, 6.45) is 7.24. The number of benzene rings is 1. The summed E-state index contributed by atoms with van der Waals surface area (Å²) in [6.45, 7) is 0.779. The van der Waals surface area contributed by atoms with Crippen LogP contribution >= 0.6 is 0 Å². The minimum absolute atomic E-state index is 0.779. The highest BCUT2D eigenvalue weighted by Crippen LogP contribution is 2.10. The summed E-state index contributed by atoms with van der Waals surface area (Å²) in [5, 5.41) is 3.29. The van der Waals surface area contributed by atoms with Crippen molar-refractivity contribution < 1.29 is 0 Å². The fourth-order valence-electron chi connectivity index (χ4n) is 1.39. The molecule has 1 aromatic heterocycles. The van der Waals surface area contributed by atoms with Crippen LogP contribution in [0, 0.1) is 12.3 Å². The second-order valence-electron chi connectivity index (χ2n) is 3.27. The first kappa shape index (κ1) is 9.42. The lowest BCUT2D eigenvalue weighted by Crippen LogP contribution is -1.99. The number of nitrogens with one attached hydrogen (secondary N) is 2. The molecule has 1 heterocycles. The van der Waals surface area contributed by atoms with Gasteiger partial charge in [-0.1, -0.05) is 12.0 Å². The van der Waals surface area contributed by atoms with E-state index in [0.717, 1.165) is 23.5 Å². The Morgan fingerprint density at radius 2 is 2.20 bits per heavy atom. The molecule has 2 rings (SSSR count). The van der Waals surface area contributed by atoms with E-state index in [-0.39, 0.29) is 0 Å². The third kappa shape index (κ3) is 2.41. The largest absolute Gasteiger partial charge is 0.379 e. The van der Waals surface area contributed by atoms with Crippen LogP contribution in [0.2, 0.25) is 0 Å². The molecular formula is C13H12N2. The Hall–Kier alpha value is -2.14. The normalized spacial score (nSPS) is 9.53. The second-order valence-corrected chi connectivity index (χ2v) is 3.27. The van der Waals surface area contributed by atoms with Gasteiger partial charge in [-0.05, 0) is 30.3 Å². The van der Waals surface area contributed by atoms with E-state index in [4.69, 9.17) is 6.42 Å². The fourth-order valence-corrected chi connectivity index (χ4v) is 1.39. The smallest absolute Gasteiger partial charge is 0.0551 e. The van der Waals surface area contributed by atoms with Crippen LogP contribution in [-0.4, -0.2) is 4.98 Å². The predicted molar refractivity (Wildman–Crippen MR) is 62.5 cm³/mol. The number of hydrogen-bond acceptors (Lipinski definition) is 1. The number of H-pyrrole nitrogens is 1. The monoisotopic (exact) mass is 196 g/mol. The van der Waals surface area contributed by atoms with Crippen LogP contribution < -0.4 is 5.32 Å². The first-order valence-corrected chi connectivity index (χ1v) is 4.81. The zero-order valence-electron chi connectivity index (χ0n) is 8.33. The molecule has 0 spiro atoms. The zero-order valence-corrected chi connectivity index (χ0v) is 8.33. The summed E-state index contributed by atoms with van der Waals surface area (Å²) >= 11 is 0. The van der Waals surface area contributed by atoms with Gasteiger partial charge in [0.15, 0.2) is 0 Å². The van der Waals surface area contributed by atoms with Gasteiger partial charge >= 0.3 is 0 Å². The van der Waals surface area contributed by atoms with E-state index in [2.05, 4.69) is 16.2 Å². The lowest BCUT2D eigenvalue weighted by molar-refractivity contribution is 1.07. The summed E-state index contributed by atoms with van der Waals surface area (Å²) in [6, 6.07) is 11.9. The van der Waals surface area contributed by atoms with Crippen molar-refractivity contribution in [3.8, 4) is 12.3 Å². The minimum Gasteiger partial charge on any atom is -0.379 e. The third-order valence-corrected chi connectivity index (χ3v) is 2.17. The first-order chi connectivity index (χ1) is 7.38. The van der Waals surface area contributed by atoms with Crippen LogP contribution in [0.4, 0.5) is 5.69 Å². The van der Waals surface area contributed by atoms with Crippen molar-refractivity contribution in [2.45, 2.75) is 6.54 Å². The number of aromatic amines is 1. The predicted octanol–water partition coefficient (Wildman–Crippen LogP) is 2.61. The van der Waals surface area contributed by atoms with E-state index < -0.39 is 0 Å². The fraction of sp³-hybridized carbons (Fsp3) is 0.0769. The minimum atomic E-state index is 0.779. The lowest BCUT2D eigenvalue weighted by atomic mass is 10.2. The van der Waals surface area contributed by atoms with Crippen LogP contribution in [0.1, 0.15) is 11.3 Å². The van der Waals surface area contributed by atoms with Gasteiger partial charge in [-0.25, -0.2) is 0 Å². The molecule has 0 radical (unpaired) electrons. The molecular weight excluding hydrogens is 184 g/mol. The molecule has 0 aliphatic heterocycles. The Bertz CT molecular complexity index is 464. The summed E-state index contributed by atoms with van der Waals surface area (Å²) in [5.74, 6) is 2.61. The maximum Gasteiger partial charge on any atom is 0.0551 e. The van der Waals surface area contributed by atoms with Crippen LogP contribution in [0.25, 0.3) is 0 Å². The average molecular weight is 196 g/mol. The molecule has 15 heavy (non-hydrogen) atoms. The van der Waals surface area contributed by atoms with Gasteiger partial charge in [-0.3, -0.25) is 0 Å². The molecule has 0 saturated heterocycles. The van der Waals surface area contributed by atoms with Crippen molar-refractivity contribution in [2.75, 3.05) is 5.32 Å². The number of aromatic nitrogens is 1. The number of rotatable bonds is 3. The average Bonchev–Trinajstić information content (AvgIpc) is 2.79. The molecule has 2 N–H and O–H groups in total. The van der Waals surface area contributed by atoms with Crippen LogP contribution in [0.3, 0.4) is 0 Å². The van der Waals surface area contributed by atoms with Crippen molar-refractivity contribution in [1.82, 2.24) is 4.98 Å². The van der Waals surface area contributed by atoms with Crippen LogP contribution in [-0.2, 0) is 6.54 Å². The Balaban J connectivity index is 2.02. The van der Waals surface area contributed by atoms with Crippen molar-refractivity contribution in [1.29, 1.82) is 0 Å². The van der Waals surface area contributed by atoms with Crippen LogP contribution in [0.5, 0.6) is 0 Å². The molecule has 74 valence electrons. The van der Waals surface area contributed by atoms with E-state index in [1.54, 1.807) is 0 Å². The Labute approximate surface area is 89.3 Å². The van der Waals surface area contributed by atoms with Crippen molar-refractivity contribution in [2.24, 2.45) is 0 Å². The van der Waals surface area contributed by atoms with Gasteiger partial charge in [-0.15, -0.1) is 6.42 Å². The Kier molecular flexibility index (Phi) is 2.75. The van der Waals surface area contributed by atoms with Gasteiger partial charge in [0.1, 0.15) is 0 Å². The molecule has 0 unspecified atom stereocenters. The summed E-state index contributed by atoms with van der Waals surface area (Å²) in [4.78, 5) is 3.13. The molecule has 0 amide bonds. The van der Waals surface area contributed by atoms with E-state index >= 15 is 0 Å². The molecule has 0 atom stereocenters. The third-order valence-electron chi connectivity index (χ3n) is 2.17. The van der Waals surface area contributed by atoms with Gasteiger partial charge < -0.3 is 10.3 Å². The summed E-state index contributed by atoms with van der Waals surface area (Å²) in [5.41, 5.74) is 3.09. The van der Waals surface area contributed by atoms with E-state index in [0.29, 0.717) is 0 Å². The number of terminal acetylenes is 1. The topological polar surface area (TPSA) is 27.8 Å². The maximum atomic E-state index is 5.33. The lowest BCUT2D eigenvalue weighted by Gasteiger charge is -2.05. The number of anilines is 1. The van der Waals surface area contributed by atoms with Gasteiger partial charge in [-0.2, -0.15) is 0 Å². The molecule has 0 saturated carbocycles. The Morgan fingerprint density at radius 1 is 1.27 bits per heavy atom. The van der Waals surface area contributed by atoms with Gasteiger partial charge in [0.25, 0.3) is 0 Å². The Morgan fingerprint density at radius 3 is 2.93 bits per heavy atom. The molecule has 2 nitrogen and oxygen atoms in total. The highest BCUT2D eigenvalue weighted by atomic mass is 14.9.